The molecule has 3 atom stereocenters. The fourth-order valence-electron chi connectivity index (χ4n) is 3.61. The first-order valence-corrected chi connectivity index (χ1v) is 9.67. The first-order chi connectivity index (χ1) is 13.1. The molecular weight excluding hydrogens is 336 g/mol. The number of hydrogen-bond donors (Lipinski definition) is 1. The van der Waals surface area contributed by atoms with Crippen LogP contribution in [-0.4, -0.2) is 30.5 Å². The maximum absolute atomic E-state index is 11.7. The third-order valence-corrected chi connectivity index (χ3v) is 5.23. The van der Waals surface area contributed by atoms with Crippen LogP contribution in [0.5, 0.6) is 0 Å². The van der Waals surface area contributed by atoms with Crippen LogP contribution >= 0.6 is 0 Å². The average Bonchev–Trinajstić information content (AvgIpc) is 3.16. The van der Waals surface area contributed by atoms with Gasteiger partial charge in [-0.1, -0.05) is 80.9 Å². The van der Waals surface area contributed by atoms with Gasteiger partial charge in [-0.3, -0.25) is 4.79 Å². The van der Waals surface area contributed by atoms with Gasteiger partial charge in [-0.2, -0.15) is 0 Å². The van der Waals surface area contributed by atoms with Crippen LogP contribution in [0.4, 0.5) is 0 Å². The molecule has 27 heavy (non-hydrogen) atoms. The molecule has 0 spiro atoms. The minimum atomic E-state index is -0.176. The van der Waals surface area contributed by atoms with Crippen LogP contribution in [0.2, 0.25) is 0 Å². The van der Waals surface area contributed by atoms with Crippen LogP contribution in [0.1, 0.15) is 44.2 Å². The maximum Gasteiger partial charge on any atom is 0.217 e. The molecule has 0 aliphatic carbocycles. The van der Waals surface area contributed by atoms with E-state index < -0.39 is 0 Å². The van der Waals surface area contributed by atoms with Crippen molar-refractivity contribution >= 4 is 11.8 Å². The Balaban J connectivity index is 1.93. The molecule has 1 aliphatic rings. The number of ether oxygens (including phenoxy) is 1. The molecule has 1 N–H and O–H groups in total. The summed E-state index contributed by atoms with van der Waals surface area (Å²) in [6.07, 6.45) is 0.943. The summed E-state index contributed by atoms with van der Waals surface area (Å²) in [5.74, 6) is 0.984. The number of benzene rings is 2. The Morgan fingerprint density at radius 2 is 1.67 bits per heavy atom. The Morgan fingerprint density at radius 3 is 2.15 bits per heavy atom. The van der Waals surface area contributed by atoms with Crippen LogP contribution in [0.25, 0.3) is 0 Å². The molecule has 142 valence electrons. The van der Waals surface area contributed by atoms with Gasteiger partial charge in [0.25, 0.3) is 0 Å². The molecule has 2 aromatic carbocycles. The van der Waals surface area contributed by atoms with E-state index in [0.717, 1.165) is 6.42 Å². The summed E-state index contributed by atoms with van der Waals surface area (Å²) in [5.41, 5.74) is 2.45. The molecule has 1 heterocycles. The molecule has 2 aromatic rings. The third kappa shape index (κ3) is 4.57. The number of nitrogens with zero attached hydrogens (tertiary/aromatic N) is 1. The fraction of sp³-hybridized carbons (Fsp3) is 0.391. The molecule has 0 fully saturated rings. The summed E-state index contributed by atoms with van der Waals surface area (Å²) in [5, 5.41) is 3.02. The standard InChI is InChI=1S/C23H28N2O2/c1-4-16(2)22(24-17(3)26)23-25-20(15-27-23)21(18-11-7-5-8-12-18)19-13-9-6-10-14-19/h5-14,16,20-22H,4,15H2,1-3H3,(H,24,26)/t16-,20+,22?/m0/s1. The van der Waals surface area contributed by atoms with E-state index in [4.69, 9.17) is 9.73 Å². The van der Waals surface area contributed by atoms with E-state index in [0.29, 0.717) is 12.5 Å². The van der Waals surface area contributed by atoms with E-state index >= 15 is 0 Å². The van der Waals surface area contributed by atoms with Crippen molar-refractivity contribution in [2.45, 2.75) is 45.2 Å². The lowest BCUT2D eigenvalue weighted by molar-refractivity contribution is -0.119. The molecule has 1 aliphatic heterocycles. The molecule has 3 rings (SSSR count). The molecule has 4 nitrogen and oxygen atoms in total. The number of carbonyl (C=O) groups is 1. The molecule has 0 bridgehead atoms. The van der Waals surface area contributed by atoms with E-state index in [1.54, 1.807) is 6.92 Å². The second-order valence-electron chi connectivity index (χ2n) is 7.21. The Labute approximate surface area is 161 Å². The van der Waals surface area contributed by atoms with Gasteiger partial charge in [0, 0.05) is 12.8 Å². The van der Waals surface area contributed by atoms with Gasteiger partial charge in [0.2, 0.25) is 11.8 Å². The first-order valence-electron chi connectivity index (χ1n) is 9.67. The SMILES string of the molecule is CC[C@H](C)C(NC(C)=O)C1=N[C@@H](C(c2ccccc2)c2ccccc2)CO1. The number of aliphatic imine (C=N–C) groups is 1. The lowest BCUT2D eigenvalue weighted by Crippen LogP contribution is -2.44. The molecule has 0 radical (unpaired) electrons. The van der Waals surface area contributed by atoms with Gasteiger partial charge in [0.1, 0.15) is 12.6 Å². The van der Waals surface area contributed by atoms with Gasteiger partial charge in [0.15, 0.2) is 0 Å². The van der Waals surface area contributed by atoms with E-state index in [9.17, 15) is 4.79 Å². The second kappa shape index (κ2) is 8.85. The van der Waals surface area contributed by atoms with Gasteiger partial charge < -0.3 is 10.1 Å². The average molecular weight is 364 g/mol. The van der Waals surface area contributed by atoms with Crippen molar-refractivity contribution in [2.24, 2.45) is 10.9 Å². The monoisotopic (exact) mass is 364 g/mol. The van der Waals surface area contributed by atoms with Crippen LogP contribution in [-0.2, 0) is 9.53 Å². The highest BCUT2D eigenvalue weighted by Crippen LogP contribution is 2.32. The van der Waals surface area contributed by atoms with Crippen molar-refractivity contribution in [3.05, 3.63) is 71.8 Å². The summed E-state index contributed by atoms with van der Waals surface area (Å²) < 4.78 is 6.01. The van der Waals surface area contributed by atoms with Crippen molar-refractivity contribution in [2.75, 3.05) is 6.61 Å². The normalized spacial score (nSPS) is 18.5. The number of nitrogens with one attached hydrogen (secondary N) is 1. The quantitative estimate of drug-likeness (QED) is 0.802. The maximum atomic E-state index is 11.7. The predicted octanol–water partition coefficient (Wildman–Crippen LogP) is 4.17. The number of rotatable bonds is 7. The lowest BCUT2D eigenvalue weighted by Gasteiger charge is -2.22. The van der Waals surface area contributed by atoms with Crippen molar-refractivity contribution in [3.63, 3.8) is 0 Å². The molecule has 1 unspecified atom stereocenters. The van der Waals surface area contributed by atoms with Crippen molar-refractivity contribution in [1.29, 1.82) is 0 Å². The van der Waals surface area contributed by atoms with Crippen molar-refractivity contribution < 1.29 is 9.53 Å². The summed E-state index contributed by atoms with van der Waals surface area (Å²) in [6, 6.07) is 20.7. The summed E-state index contributed by atoms with van der Waals surface area (Å²) in [7, 11) is 0. The van der Waals surface area contributed by atoms with Crippen molar-refractivity contribution in [3.8, 4) is 0 Å². The molecule has 0 aromatic heterocycles. The van der Waals surface area contributed by atoms with E-state index in [1.165, 1.54) is 11.1 Å². The zero-order chi connectivity index (χ0) is 19.2. The lowest BCUT2D eigenvalue weighted by atomic mass is 9.86. The number of hydrogen-bond acceptors (Lipinski definition) is 3. The topological polar surface area (TPSA) is 50.7 Å². The highest BCUT2D eigenvalue weighted by molar-refractivity contribution is 5.88. The van der Waals surface area contributed by atoms with Crippen LogP contribution in [0.3, 0.4) is 0 Å². The Hall–Kier alpha value is -2.62. The van der Waals surface area contributed by atoms with Gasteiger partial charge >= 0.3 is 0 Å². The summed E-state index contributed by atoms with van der Waals surface area (Å²) >= 11 is 0. The summed E-state index contributed by atoms with van der Waals surface area (Å²) in [6.45, 7) is 6.30. The molecule has 0 saturated heterocycles. The predicted molar refractivity (Wildman–Crippen MR) is 109 cm³/mol. The highest BCUT2D eigenvalue weighted by atomic mass is 16.5. The molecule has 1 amide bonds. The zero-order valence-electron chi connectivity index (χ0n) is 16.3. The minimum absolute atomic E-state index is 0.00915. The zero-order valence-corrected chi connectivity index (χ0v) is 16.3. The van der Waals surface area contributed by atoms with Crippen molar-refractivity contribution in [1.82, 2.24) is 5.32 Å². The van der Waals surface area contributed by atoms with Gasteiger partial charge in [-0.15, -0.1) is 0 Å². The number of carbonyl (C=O) groups excluding carboxylic acids is 1. The van der Waals surface area contributed by atoms with Crippen LogP contribution < -0.4 is 5.32 Å². The van der Waals surface area contributed by atoms with Gasteiger partial charge in [-0.25, -0.2) is 4.99 Å². The largest absolute Gasteiger partial charge is 0.477 e. The van der Waals surface area contributed by atoms with Crippen LogP contribution in [0.15, 0.2) is 65.7 Å². The van der Waals surface area contributed by atoms with Crippen LogP contribution in [0, 0.1) is 5.92 Å². The van der Waals surface area contributed by atoms with E-state index in [1.807, 2.05) is 12.1 Å². The molecule has 0 saturated carbocycles. The minimum Gasteiger partial charge on any atom is -0.477 e. The summed E-state index contributed by atoms with van der Waals surface area (Å²) in [4.78, 5) is 16.6. The van der Waals surface area contributed by atoms with Gasteiger partial charge in [0.05, 0.1) is 6.04 Å². The smallest absolute Gasteiger partial charge is 0.217 e. The van der Waals surface area contributed by atoms with E-state index in [2.05, 4.69) is 67.7 Å². The first kappa shape index (κ1) is 19.2. The number of amides is 1. The second-order valence-corrected chi connectivity index (χ2v) is 7.21. The Morgan fingerprint density at radius 1 is 1.11 bits per heavy atom. The Kier molecular flexibility index (Phi) is 6.28. The Bertz CT molecular complexity index is 734. The third-order valence-electron chi connectivity index (χ3n) is 5.23. The molecule has 4 heteroatoms. The van der Waals surface area contributed by atoms with Gasteiger partial charge in [-0.05, 0) is 17.0 Å². The highest BCUT2D eigenvalue weighted by Gasteiger charge is 2.34. The molecular formula is C23H28N2O2. The van der Waals surface area contributed by atoms with E-state index in [-0.39, 0.29) is 29.8 Å². The fourth-order valence-corrected chi connectivity index (χ4v) is 3.61.